The average Bonchev–Trinajstić information content (AvgIpc) is 3.71. The Labute approximate surface area is 271 Å². The van der Waals surface area contributed by atoms with Crippen molar-refractivity contribution in [2.75, 3.05) is 26.7 Å². The largest absolute Gasteiger partial charge is 0.549 e. The Morgan fingerprint density at radius 3 is 1.72 bits per heavy atom. The second kappa shape index (κ2) is 15.5. The van der Waals surface area contributed by atoms with E-state index in [1.165, 1.54) is 9.80 Å². The predicted octanol–water partition coefficient (Wildman–Crippen LogP) is 3.27. The molecule has 0 spiro atoms. The number of ether oxygens (including phenoxy) is 2. The van der Waals surface area contributed by atoms with Crippen LogP contribution in [0, 0.1) is 29.6 Å². The standard InChI is InChI=1S/C31H37N3O6.C2H3F3O2/c1-4-20-24-25(29(36)33(28(24)35)16-14-18(2)3)22(39-20)12-13-23-27-26(30(37)34(17-15-32)31(27)38)21(40-23)11-10-19-8-6-5-7-9-19;1-6-7-2(3,4)5/h4-13,18,20-27H,1,14-17,32H2,2-3H3;1H3/b11-10?,13-12-;/t20-,21+,22?,23-,24-,25+,26+,27-;/m1./s1. The van der Waals surface area contributed by atoms with Crippen molar-refractivity contribution in [1.29, 1.82) is 0 Å². The van der Waals surface area contributed by atoms with E-state index in [4.69, 9.17) is 15.2 Å². The van der Waals surface area contributed by atoms with E-state index < -0.39 is 54.4 Å². The Morgan fingerprint density at radius 1 is 0.830 bits per heavy atom. The molecule has 8 atom stereocenters. The quantitative estimate of drug-likeness (QED) is 0.164. The number of halogens is 3. The van der Waals surface area contributed by atoms with Crippen molar-refractivity contribution in [3.8, 4) is 0 Å². The number of rotatable bonds is 11. The van der Waals surface area contributed by atoms with Gasteiger partial charge in [0.05, 0.1) is 55.2 Å². The minimum absolute atomic E-state index is 0.148. The Hall–Kier alpha value is -3.69. The number of carbonyl (C=O) groups is 4. The molecule has 0 aliphatic carbocycles. The number of amides is 4. The summed E-state index contributed by atoms with van der Waals surface area (Å²) in [6.07, 6.45) is 2.17. The van der Waals surface area contributed by atoms with E-state index >= 15 is 0 Å². The molecule has 256 valence electrons. The van der Waals surface area contributed by atoms with E-state index in [0.29, 0.717) is 12.5 Å². The molecule has 1 aromatic carbocycles. The van der Waals surface area contributed by atoms with Crippen LogP contribution in [-0.4, -0.2) is 91.0 Å². The van der Waals surface area contributed by atoms with Crippen LogP contribution in [0.3, 0.4) is 0 Å². The number of fused-ring (bicyclic) bond motifs is 2. The van der Waals surface area contributed by atoms with Gasteiger partial charge >= 0.3 is 6.36 Å². The van der Waals surface area contributed by atoms with E-state index in [2.05, 4.69) is 16.4 Å². The van der Waals surface area contributed by atoms with Gasteiger partial charge in [-0.25, -0.2) is 4.89 Å². The highest BCUT2D eigenvalue weighted by atomic mass is 19.4. The molecule has 4 aliphatic heterocycles. The summed E-state index contributed by atoms with van der Waals surface area (Å²) in [5.74, 6) is -3.40. The summed E-state index contributed by atoms with van der Waals surface area (Å²) in [7, 11) is 0.785. The van der Waals surface area contributed by atoms with Crippen molar-refractivity contribution in [1.82, 2.24) is 9.80 Å². The maximum absolute atomic E-state index is 13.3. The maximum atomic E-state index is 13.3. The van der Waals surface area contributed by atoms with Crippen LogP contribution in [0.2, 0.25) is 0 Å². The first-order valence-electron chi connectivity index (χ1n) is 15.4. The molecule has 11 nitrogen and oxygen atoms in total. The second-order valence-electron chi connectivity index (χ2n) is 11.9. The highest BCUT2D eigenvalue weighted by Gasteiger charge is 2.60. The van der Waals surface area contributed by atoms with Gasteiger partial charge in [-0.05, 0) is 17.9 Å². The normalized spacial score (nSPS) is 30.6. The zero-order valence-corrected chi connectivity index (χ0v) is 26.4. The first-order valence-corrected chi connectivity index (χ1v) is 15.4. The number of hydrogen-bond donors (Lipinski definition) is 1. The van der Waals surface area contributed by atoms with Crippen molar-refractivity contribution in [3.05, 3.63) is 66.8 Å². The summed E-state index contributed by atoms with van der Waals surface area (Å²) < 4.78 is 44.5. The molecule has 4 aliphatic rings. The third-order valence-electron chi connectivity index (χ3n) is 8.48. The van der Waals surface area contributed by atoms with Gasteiger partial charge in [-0.3, -0.25) is 29.0 Å². The number of alkyl halides is 3. The number of nitrogens with zero attached hydrogens (tertiary/aromatic N) is 2. The van der Waals surface area contributed by atoms with Gasteiger partial charge < -0.3 is 15.2 Å². The van der Waals surface area contributed by atoms with Gasteiger partial charge in [-0.15, -0.1) is 24.6 Å². The first kappa shape index (κ1) is 36.2. The van der Waals surface area contributed by atoms with E-state index in [1.807, 2.05) is 56.3 Å². The minimum atomic E-state index is -4.67. The Kier molecular flexibility index (Phi) is 11.9. The van der Waals surface area contributed by atoms with Gasteiger partial charge in [0.2, 0.25) is 23.6 Å². The molecule has 0 bridgehead atoms. The molecule has 1 aromatic rings. The Morgan fingerprint density at radius 2 is 1.30 bits per heavy atom. The molecular formula is C33H40F3N3O8. The Bertz CT molecular complexity index is 1370. The highest BCUT2D eigenvalue weighted by molar-refractivity contribution is 6.07. The van der Waals surface area contributed by atoms with E-state index in [1.54, 1.807) is 18.2 Å². The molecule has 47 heavy (non-hydrogen) atoms. The lowest BCUT2D eigenvalue weighted by molar-refractivity contribution is -0.475. The molecule has 5 rings (SSSR count). The fourth-order valence-electron chi connectivity index (χ4n) is 6.37. The molecule has 0 saturated carbocycles. The Balaban J connectivity index is 0.000000644. The topological polar surface area (TPSA) is 138 Å². The van der Waals surface area contributed by atoms with Crippen molar-refractivity contribution >= 4 is 29.7 Å². The lowest BCUT2D eigenvalue weighted by atomic mass is 9.87. The summed E-state index contributed by atoms with van der Waals surface area (Å²) >= 11 is 0. The van der Waals surface area contributed by atoms with Gasteiger partial charge in [0.15, 0.2) is 0 Å². The fraction of sp³-hybridized carbons (Fsp3) is 0.515. The molecule has 0 radical (unpaired) electrons. The van der Waals surface area contributed by atoms with Gasteiger partial charge in [0.1, 0.15) is 0 Å². The number of carbonyl (C=O) groups excluding carboxylic acids is 4. The van der Waals surface area contributed by atoms with E-state index in [9.17, 15) is 32.3 Å². The molecule has 0 aromatic heterocycles. The number of hydrogen-bond acceptors (Lipinski definition) is 9. The van der Waals surface area contributed by atoms with E-state index in [0.717, 1.165) is 19.1 Å². The summed E-state index contributed by atoms with van der Waals surface area (Å²) in [5, 5.41) is 0. The average molecular weight is 664 g/mol. The van der Waals surface area contributed by atoms with Crippen LogP contribution in [0.4, 0.5) is 13.2 Å². The SMILES string of the molecule is C=C[C@H]1OC(/C=C\[C@H]2O[C@@H](C=Cc3ccccc3)[C@@H]3C(=O)N(CCN)C(=O)[C@@H]32)[C@@H]2C(=O)N(CCC(C)C)C(=O)[C@H]12.COOC(F)(F)F. The van der Waals surface area contributed by atoms with E-state index in [-0.39, 0.29) is 36.7 Å². The van der Waals surface area contributed by atoms with Crippen molar-refractivity contribution in [2.24, 2.45) is 35.3 Å². The predicted molar refractivity (Wildman–Crippen MR) is 162 cm³/mol. The number of imide groups is 2. The molecule has 14 heteroatoms. The molecule has 2 N–H and O–H groups in total. The second-order valence-corrected chi connectivity index (χ2v) is 11.9. The van der Waals surface area contributed by atoms with Gasteiger partial charge in [-0.2, -0.15) is 0 Å². The van der Waals surface area contributed by atoms with Gasteiger partial charge in [0.25, 0.3) is 0 Å². The smallest absolute Gasteiger partial charge is 0.365 e. The molecule has 4 saturated heterocycles. The van der Waals surface area contributed by atoms with Crippen LogP contribution in [0.25, 0.3) is 6.08 Å². The highest BCUT2D eigenvalue weighted by Crippen LogP contribution is 2.44. The van der Waals surface area contributed by atoms with Crippen molar-refractivity contribution in [2.45, 2.75) is 51.0 Å². The number of likely N-dealkylation sites (tertiary alicyclic amines) is 2. The van der Waals surface area contributed by atoms with Crippen molar-refractivity contribution in [3.63, 3.8) is 0 Å². The van der Waals surface area contributed by atoms with Crippen LogP contribution < -0.4 is 5.73 Å². The molecule has 4 fully saturated rings. The molecule has 1 unspecified atom stereocenters. The first-order chi connectivity index (χ1) is 22.3. The third-order valence-corrected chi connectivity index (χ3v) is 8.48. The summed E-state index contributed by atoms with van der Waals surface area (Å²) in [5.41, 5.74) is 6.63. The maximum Gasteiger partial charge on any atom is 0.549 e. The molecular weight excluding hydrogens is 623 g/mol. The monoisotopic (exact) mass is 663 g/mol. The van der Waals surface area contributed by atoms with Crippen molar-refractivity contribution < 1.29 is 51.6 Å². The van der Waals surface area contributed by atoms with Gasteiger partial charge in [0, 0.05) is 19.6 Å². The van der Waals surface area contributed by atoms with Crippen LogP contribution in [0.5, 0.6) is 0 Å². The minimum Gasteiger partial charge on any atom is -0.365 e. The summed E-state index contributed by atoms with van der Waals surface area (Å²) in [6, 6.07) is 9.64. The summed E-state index contributed by atoms with van der Waals surface area (Å²) in [6.45, 7) is 8.61. The lowest BCUT2D eigenvalue weighted by Gasteiger charge is -2.21. The lowest BCUT2D eigenvalue weighted by Crippen LogP contribution is -2.38. The molecule has 4 heterocycles. The zero-order chi connectivity index (χ0) is 34.5. The number of benzene rings is 1. The number of nitrogens with two attached hydrogens (primary N) is 1. The van der Waals surface area contributed by atoms with Crippen LogP contribution in [0.15, 0.2) is 61.2 Å². The molecule has 4 amide bonds. The van der Waals surface area contributed by atoms with Gasteiger partial charge in [-0.1, -0.05) is 74.6 Å². The fourth-order valence-corrected chi connectivity index (χ4v) is 6.37. The zero-order valence-electron chi connectivity index (χ0n) is 26.4. The van der Waals surface area contributed by atoms with Crippen LogP contribution in [-0.2, 0) is 38.4 Å². The third kappa shape index (κ3) is 8.07. The summed E-state index contributed by atoms with van der Waals surface area (Å²) in [4.78, 5) is 61.7. The van der Waals surface area contributed by atoms with Crippen LogP contribution >= 0.6 is 0 Å². The van der Waals surface area contributed by atoms with Crippen LogP contribution in [0.1, 0.15) is 25.8 Å².